The van der Waals surface area contributed by atoms with Crippen LogP contribution in [0.25, 0.3) is 0 Å². The van der Waals surface area contributed by atoms with Gasteiger partial charge in [-0.15, -0.1) is 0 Å². The first-order chi connectivity index (χ1) is 12.2. The van der Waals surface area contributed by atoms with E-state index in [9.17, 15) is 0 Å². The third-order valence-corrected chi connectivity index (χ3v) is 6.18. The van der Waals surface area contributed by atoms with Crippen molar-refractivity contribution in [2.45, 2.75) is 92.6 Å². The van der Waals surface area contributed by atoms with Gasteiger partial charge in [-0.05, 0) is 91.2 Å². The summed E-state index contributed by atoms with van der Waals surface area (Å²) in [6.45, 7) is 16.5. The van der Waals surface area contributed by atoms with Gasteiger partial charge in [0, 0.05) is 12.5 Å². The van der Waals surface area contributed by atoms with Crippen LogP contribution in [0.3, 0.4) is 0 Å². The van der Waals surface area contributed by atoms with E-state index < -0.39 is 0 Å². The fraction of sp³-hybridized carbons (Fsp3) is 0.680. The van der Waals surface area contributed by atoms with Crippen LogP contribution in [0.4, 0.5) is 0 Å². The number of hydrogen-bond donors (Lipinski definition) is 0. The molecular formula is C25H40O. The summed E-state index contributed by atoms with van der Waals surface area (Å²) in [7, 11) is 0. The number of rotatable bonds is 9. The Morgan fingerprint density at radius 1 is 0.885 bits per heavy atom. The summed E-state index contributed by atoms with van der Waals surface area (Å²) in [5.41, 5.74) is 7.78. The quantitative estimate of drug-likeness (QED) is 0.387. The minimum Gasteiger partial charge on any atom is -0.376 e. The first kappa shape index (κ1) is 21.2. The molecule has 0 aromatic rings. The molecule has 1 atom stereocenters. The lowest BCUT2D eigenvalue weighted by Gasteiger charge is -2.19. The maximum Gasteiger partial charge on any atom is 0.0598 e. The molecule has 0 saturated carbocycles. The van der Waals surface area contributed by atoms with Gasteiger partial charge in [0.15, 0.2) is 0 Å². The van der Waals surface area contributed by atoms with Gasteiger partial charge in [0.05, 0.1) is 5.60 Å². The highest BCUT2D eigenvalue weighted by molar-refractivity contribution is 5.46. The molecule has 2 aliphatic rings. The van der Waals surface area contributed by atoms with Crippen LogP contribution < -0.4 is 0 Å². The van der Waals surface area contributed by atoms with Crippen LogP contribution in [-0.2, 0) is 4.74 Å². The maximum absolute atomic E-state index is 5.79. The van der Waals surface area contributed by atoms with E-state index in [1.54, 1.807) is 16.7 Å². The van der Waals surface area contributed by atoms with E-state index in [-0.39, 0.29) is 5.60 Å². The fourth-order valence-corrected chi connectivity index (χ4v) is 4.17. The third-order valence-electron chi connectivity index (χ3n) is 6.18. The average molecular weight is 357 g/mol. The van der Waals surface area contributed by atoms with E-state index in [0.717, 1.165) is 6.61 Å². The monoisotopic (exact) mass is 356 g/mol. The molecule has 2 aliphatic carbocycles. The minimum absolute atomic E-state index is 0.00590. The molecule has 0 saturated heterocycles. The van der Waals surface area contributed by atoms with Gasteiger partial charge in [-0.2, -0.15) is 0 Å². The molecular weight excluding hydrogens is 316 g/mol. The van der Waals surface area contributed by atoms with Gasteiger partial charge in [-0.3, -0.25) is 0 Å². The van der Waals surface area contributed by atoms with Crippen molar-refractivity contribution in [1.82, 2.24) is 0 Å². The molecule has 1 heteroatoms. The van der Waals surface area contributed by atoms with Crippen LogP contribution in [0.2, 0.25) is 0 Å². The summed E-state index contributed by atoms with van der Waals surface area (Å²) in [5, 5.41) is 0. The topological polar surface area (TPSA) is 9.23 Å². The lowest BCUT2D eigenvalue weighted by molar-refractivity contribution is -0.00473. The van der Waals surface area contributed by atoms with Gasteiger partial charge in [-0.1, -0.05) is 47.8 Å². The van der Waals surface area contributed by atoms with Gasteiger partial charge < -0.3 is 4.74 Å². The lowest BCUT2D eigenvalue weighted by atomic mass is 9.87. The summed E-state index contributed by atoms with van der Waals surface area (Å²) < 4.78 is 5.79. The molecule has 0 bridgehead atoms. The Labute approximate surface area is 162 Å². The molecule has 0 aromatic carbocycles. The highest BCUT2D eigenvalue weighted by Gasteiger charge is 2.26. The van der Waals surface area contributed by atoms with Crippen molar-refractivity contribution in [1.29, 1.82) is 0 Å². The van der Waals surface area contributed by atoms with E-state index in [0.29, 0.717) is 11.8 Å². The predicted octanol–water partition coefficient (Wildman–Crippen LogP) is 7.56. The predicted molar refractivity (Wildman–Crippen MR) is 114 cm³/mol. The Kier molecular flexibility index (Phi) is 7.52. The molecule has 0 aliphatic heterocycles. The van der Waals surface area contributed by atoms with Crippen LogP contribution >= 0.6 is 0 Å². The van der Waals surface area contributed by atoms with Gasteiger partial charge in [0.25, 0.3) is 0 Å². The molecule has 26 heavy (non-hydrogen) atoms. The summed E-state index contributed by atoms with van der Waals surface area (Å²) in [6.07, 6.45) is 14.9. The molecule has 0 N–H and O–H groups in total. The largest absolute Gasteiger partial charge is 0.376 e. The van der Waals surface area contributed by atoms with Gasteiger partial charge >= 0.3 is 0 Å². The Hall–Kier alpha value is -1.08. The average Bonchev–Trinajstić information content (AvgIpc) is 3.08. The minimum atomic E-state index is 0.00590. The summed E-state index contributed by atoms with van der Waals surface area (Å²) >= 11 is 0. The second-order valence-electron chi connectivity index (χ2n) is 9.29. The molecule has 2 rings (SSSR count). The van der Waals surface area contributed by atoms with E-state index >= 15 is 0 Å². The van der Waals surface area contributed by atoms with Crippen molar-refractivity contribution in [3.8, 4) is 0 Å². The normalized spacial score (nSPS) is 21.3. The van der Waals surface area contributed by atoms with Crippen LogP contribution in [0.15, 0.2) is 46.1 Å². The van der Waals surface area contributed by atoms with E-state index in [2.05, 4.69) is 66.7 Å². The van der Waals surface area contributed by atoms with Crippen molar-refractivity contribution in [3.05, 3.63) is 46.1 Å². The summed E-state index contributed by atoms with van der Waals surface area (Å²) in [4.78, 5) is 0. The molecule has 0 aromatic heterocycles. The SMILES string of the molecule is CC1=C(C)C(CC2C=CC(CCCCCCOC(C)(C)C)=C2)C(C)=C1C. The molecule has 0 radical (unpaired) electrons. The summed E-state index contributed by atoms with van der Waals surface area (Å²) in [5.74, 6) is 1.28. The Balaban J connectivity index is 1.67. The first-order valence-electron chi connectivity index (χ1n) is 10.6. The van der Waals surface area contributed by atoms with E-state index in [1.807, 2.05) is 0 Å². The van der Waals surface area contributed by atoms with Crippen LogP contribution in [0.5, 0.6) is 0 Å². The molecule has 0 amide bonds. The van der Waals surface area contributed by atoms with Crippen molar-refractivity contribution >= 4 is 0 Å². The zero-order chi connectivity index (χ0) is 19.3. The van der Waals surface area contributed by atoms with E-state index in [1.165, 1.54) is 49.7 Å². The molecule has 146 valence electrons. The number of hydrogen-bond acceptors (Lipinski definition) is 1. The highest BCUT2D eigenvalue weighted by Crippen LogP contribution is 2.41. The second-order valence-corrected chi connectivity index (χ2v) is 9.29. The Morgan fingerprint density at radius 2 is 1.50 bits per heavy atom. The fourth-order valence-electron chi connectivity index (χ4n) is 4.17. The van der Waals surface area contributed by atoms with Crippen LogP contribution in [0.1, 0.15) is 87.0 Å². The first-order valence-corrected chi connectivity index (χ1v) is 10.6. The molecule has 0 spiro atoms. The van der Waals surface area contributed by atoms with Gasteiger partial charge in [0.1, 0.15) is 0 Å². The van der Waals surface area contributed by atoms with Crippen LogP contribution in [-0.4, -0.2) is 12.2 Å². The zero-order valence-electron chi connectivity index (χ0n) is 18.2. The van der Waals surface area contributed by atoms with Crippen molar-refractivity contribution in [2.75, 3.05) is 6.61 Å². The zero-order valence-corrected chi connectivity index (χ0v) is 18.2. The van der Waals surface area contributed by atoms with Crippen LogP contribution in [0, 0.1) is 11.8 Å². The molecule has 1 unspecified atom stereocenters. The number of ether oxygens (including phenoxy) is 1. The van der Waals surface area contributed by atoms with Crippen molar-refractivity contribution < 1.29 is 4.74 Å². The molecule has 0 heterocycles. The van der Waals surface area contributed by atoms with Gasteiger partial charge in [-0.25, -0.2) is 0 Å². The molecule has 0 fully saturated rings. The standard InChI is InChI=1S/C25H40O/c1-18-19(2)21(4)24(20(18)3)17-23-14-13-22(16-23)12-10-8-9-11-15-26-25(5,6)7/h13-14,16,23-24H,8-12,15,17H2,1-7H3. The second kappa shape index (κ2) is 9.22. The summed E-state index contributed by atoms with van der Waals surface area (Å²) in [6, 6.07) is 0. The lowest BCUT2D eigenvalue weighted by Crippen LogP contribution is -2.19. The number of allylic oxidation sites excluding steroid dienone is 8. The maximum atomic E-state index is 5.79. The smallest absolute Gasteiger partial charge is 0.0598 e. The Morgan fingerprint density at radius 3 is 2.12 bits per heavy atom. The highest BCUT2D eigenvalue weighted by atomic mass is 16.5. The van der Waals surface area contributed by atoms with Gasteiger partial charge in [0.2, 0.25) is 0 Å². The Bertz CT molecular complexity index is 583. The van der Waals surface area contributed by atoms with E-state index in [4.69, 9.17) is 4.74 Å². The third kappa shape index (κ3) is 5.98. The molecule has 1 nitrogen and oxygen atoms in total. The van der Waals surface area contributed by atoms with Crippen molar-refractivity contribution in [3.63, 3.8) is 0 Å². The number of unbranched alkanes of at least 4 members (excludes halogenated alkanes) is 3. The van der Waals surface area contributed by atoms with Crippen molar-refractivity contribution in [2.24, 2.45) is 11.8 Å².